The smallest absolute Gasteiger partial charge is 0.412 e. The van der Waals surface area contributed by atoms with Crippen molar-refractivity contribution < 1.29 is 19.4 Å². The highest BCUT2D eigenvalue weighted by atomic mass is 16.6. The highest BCUT2D eigenvalue weighted by Crippen LogP contribution is 2.45. The van der Waals surface area contributed by atoms with Gasteiger partial charge in [0.05, 0.1) is 18.8 Å². The van der Waals surface area contributed by atoms with Gasteiger partial charge in [-0.3, -0.25) is 4.90 Å². The van der Waals surface area contributed by atoms with Gasteiger partial charge in [-0.15, -0.1) is 0 Å². The fraction of sp³-hybridized carbons (Fsp3) is 0.968. The highest BCUT2D eigenvalue weighted by Gasteiger charge is 2.48. The molecule has 36 heavy (non-hydrogen) atoms. The summed E-state index contributed by atoms with van der Waals surface area (Å²) in [6.45, 7) is 12.0. The van der Waals surface area contributed by atoms with E-state index in [4.69, 9.17) is 9.47 Å². The molecule has 1 saturated heterocycles. The second kappa shape index (κ2) is 15.6. The Morgan fingerprint density at radius 2 is 1.42 bits per heavy atom. The van der Waals surface area contributed by atoms with Gasteiger partial charge in [-0.2, -0.15) is 0 Å². The zero-order valence-corrected chi connectivity index (χ0v) is 24.7. The summed E-state index contributed by atoms with van der Waals surface area (Å²) in [7, 11) is 0. The van der Waals surface area contributed by atoms with E-state index in [9.17, 15) is 9.90 Å². The van der Waals surface area contributed by atoms with Gasteiger partial charge in [0.25, 0.3) is 0 Å². The van der Waals surface area contributed by atoms with Crippen molar-refractivity contribution in [1.82, 2.24) is 4.90 Å². The normalized spacial score (nSPS) is 24.2. The van der Waals surface area contributed by atoms with Gasteiger partial charge in [-0.1, -0.05) is 103 Å². The Morgan fingerprint density at radius 1 is 0.917 bits per heavy atom. The van der Waals surface area contributed by atoms with E-state index in [0.717, 1.165) is 24.7 Å². The fourth-order valence-electron chi connectivity index (χ4n) is 5.82. The minimum Gasteiger partial charge on any atom is -0.444 e. The quantitative estimate of drug-likeness (QED) is 0.188. The number of carbonyl (C=O) groups excluding carboxylic acids is 1. The SMILES string of the molecule is CCCCCCCCCC[C@H]1C[C@H]1CCCCCCC[C@@H](O)[C@@H]1COC(C)(C)N1C(=O)OC(C)(C)C. The van der Waals surface area contributed by atoms with Crippen LogP contribution in [0.1, 0.15) is 151 Å². The number of unbranched alkanes of at least 4 members (excludes halogenated alkanes) is 11. The molecular formula is C31H59NO4. The molecule has 2 fully saturated rings. The molecule has 4 atom stereocenters. The Morgan fingerprint density at radius 3 is 1.94 bits per heavy atom. The van der Waals surface area contributed by atoms with E-state index < -0.39 is 23.5 Å². The molecule has 212 valence electrons. The summed E-state index contributed by atoms with van der Waals surface area (Å²) in [6, 6.07) is -0.345. The summed E-state index contributed by atoms with van der Waals surface area (Å²) >= 11 is 0. The maximum absolute atomic E-state index is 12.8. The third-order valence-corrected chi connectivity index (χ3v) is 8.13. The van der Waals surface area contributed by atoms with Gasteiger partial charge >= 0.3 is 6.09 Å². The molecule has 2 rings (SSSR count). The number of amides is 1. The molecule has 0 unspecified atom stereocenters. The lowest BCUT2D eigenvalue weighted by Gasteiger charge is -2.36. The molecule has 0 aromatic heterocycles. The molecule has 1 N–H and O–H groups in total. The highest BCUT2D eigenvalue weighted by molar-refractivity contribution is 5.69. The van der Waals surface area contributed by atoms with Gasteiger partial charge in [0.1, 0.15) is 11.3 Å². The van der Waals surface area contributed by atoms with Crippen LogP contribution in [-0.2, 0) is 9.47 Å². The van der Waals surface area contributed by atoms with Crippen molar-refractivity contribution in [1.29, 1.82) is 0 Å². The Hall–Kier alpha value is -0.810. The third kappa shape index (κ3) is 11.7. The lowest BCUT2D eigenvalue weighted by molar-refractivity contribution is -0.0681. The second-order valence-electron chi connectivity index (χ2n) is 13.1. The molecule has 5 heteroatoms. The van der Waals surface area contributed by atoms with Crippen LogP contribution in [0, 0.1) is 11.8 Å². The standard InChI is InChI=1S/C31H59NO4/c1-7-8-9-10-11-12-14-17-20-25-23-26(25)21-18-15-13-16-19-22-28(33)27-24-35-31(5,6)32(27)29(34)36-30(2,3)4/h25-28,33H,7-24H2,1-6H3/t25-,26+,27-,28+/m0/s1. The molecule has 1 aliphatic heterocycles. The summed E-state index contributed by atoms with van der Waals surface area (Å²) in [5.41, 5.74) is -1.33. The van der Waals surface area contributed by atoms with E-state index in [1.807, 2.05) is 34.6 Å². The summed E-state index contributed by atoms with van der Waals surface area (Å²) in [5, 5.41) is 10.8. The number of hydrogen-bond acceptors (Lipinski definition) is 4. The second-order valence-corrected chi connectivity index (χ2v) is 13.1. The molecule has 1 saturated carbocycles. The van der Waals surface area contributed by atoms with Gasteiger partial charge in [0, 0.05) is 0 Å². The number of nitrogens with zero attached hydrogens (tertiary/aromatic N) is 1. The number of hydrogen-bond donors (Lipinski definition) is 1. The van der Waals surface area contributed by atoms with Crippen molar-refractivity contribution in [2.24, 2.45) is 11.8 Å². The van der Waals surface area contributed by atoms with Crippen LogP contribution in [-0.4, -0.2) is 46.2 Å². The van der Waals surface area contributed by atoms with Gasteiger partial charge < -0.3 is 14.6 Å². The lowest BCUT2D eigenvalue weighted by Crippen LogP contribution is -2.53. The van der Waals surface area contributed by atoms with Crippen molar-refractivity contribution in [3.8, 4) is 0 Å². The van der Waals surface area contributed by atoms with Crippen molar-refractivity contribution in [3.63, 3.8) is 0 Å². The van der Waals surface area contributed by atoms with Gasteiger partial charge in [-0.25, -0.2) is 4.79 Å². The van der Waals surface area contributed by atoms with Crippen LogP contribution in [0.4, 0.5) is 4.79 Å². The Labute approximate surface area is 223 Å². The Balaban J connectivity index is 1.49. The molecule has 0 bridgehead atoms. The van der Waals surface area contributed by atoms with Gasteiger partial charge in [0.2, 0.25) is 0 Å². The van der Waals surface area contributed by atoms with Crippen LogP contribution >= 0.6 is 0 Å². The molecule has 0 radical (unpaired) electrons. The first kappa shape index (κ1) is 31.4. The van der Waals surface area contributed by atoms with Gasteiger partial charge in [0.15, 0.2) is 0 Å². The van der Waals surface area contributed by atoms with Crippen molar-refractivity contribution in [3.05, 3.63) is 0 Å². The van der Waals surface area contributed by atoms with E-state index in [-0.39, 0.29) is 6.04 Å². The molecule has 1 aliphatic carbocycles. The molecule has 0 aromatic carbocycles. The molecule has 0 spiro atoms. The number of carbonyl (C=O) groups is 1. The van der Waals surface area contributed by atoms with Crippen LogP contribution in [0.3, 0.4) is 0 Å². The van der Waals surface area contributed by atoms with E-state index in [1.54, 1.807) is 4.90 Å². The first-order valence-corrected chi connectivity index (χ1v) is 15.4. The minimum absolute atomic E-state index is 0.345. The fourth-order valence-corrected chi connectivity index (χ4v) is 5.82. The van der Waals surface area contributed by atoms with Crippen molar-refractivity contribution in [2.75, 3.05) is 6.61 Å². The van der Waals surface area contributed by atoms with Crippen LogP contribution in [0.25, 0.3) is 0 Å². The largest absolute Gasteiger partial charge is 0.444 e. The van der Waals surface area contributed by atoms with Crippen LogP contribution in [0.5, 0.6) is 0 Å². The molecule has 0 aromatic rings. The average molecular weight is 510 g/mol. The monoisotopic (exact) mass is 509 g/mol. The Kier molecular flexibility index (Phi) is 13.6. The first-order chi connectivity index (χ1) is 17.0. The van der Waals surface area contributed by atoms with E-state index in [0.29, 0.717) is 13.0 Å². The minimum atomic E-state index is -0.761. The molecule has 5 nitrogen and oxygen atoms in total. The number of rotatable bonds is 18. The lowest BCUT2D eigenvalue weighted by atomic mass is 10.0. The molecular weight excluding hydrogens is 450 g/mol. The van der Waals surface area contributed by atoms with Gasteiger partial charge in [-0.05, 0) is 59.3 Å². The van der Waals surface area contributed by atoms with Crippen molar-refractivity contribution >= 4 is 6.09 Å². The summed E-state index contributed by atoms with van der Waals surface area (Å²) in [4.78, 5) is 14.4. The number of ether oxygens (including phenoxy) is 2. The number of aliphatic hydroxyl groups excluding tert-OH is 1. The predicted molar refractivity (Wildman–Crippen MR) is 149 cm³/mol. The number of aliphatic hydroxyl groups is 1. The molecule has 2 aliphatic rings. The molecule has 1 amide bonds. The van der Waals surface area contributed by atoms with E-state index in [1.165, 1.54) is 89.9 Å². The zero-order chi connectivity index (χ0) is 26.6. The average Bonchev–Trinajstić information content (AvgIpc) is 3.45. The summed E-state index contributed by atoms with van der Waals surface area (Å²) < 4.78 is 11.4. The predicted octanol–water partition coefficient (Wildman–Crippen LogP) is 8.62. The maximum Gasteiger partial charge on any atom is 0.412 e. The van der Waals surface area contributed by atoms with E-state index in [2.05, 4.69) is 6.92 Å². The third-order valence-electron chi connectivity index (χ3n) is 8.13. The maximum atomic E-state index is 12.8. The molecule has 1 heterocycles. The van der Waals surface area contributed by atoms with E-state index >= 15 is 0 Å². The Bertz CT molecular complexity index is 614. The topological polar surface area (TPSA) is 59.0 Å². The van der Waals surface area contributed by atoms with Crippen LogP contribution < -0.4 is 0 Å². The zero-order valence-electron chi connectivity index (χ0n) is 24.7. The summed E-state index contributed by atoms with van der Waals surface area (Å²) in [6.07, 6.45) is 21.5. The summed E-state index contributed by atoms with van der Waals surface area (Å²) in [5.74, 6) is 2.05. The van der Waals surface area contributed by atoms with Crippen molar-refractivity contribution in [2.45, 2.75) is 174 Å². The van der Waals surface area contributed by atoms with Crippen LogP contribution in [0.15, 0.2) is 0 Å². The van der Waals surface area contributed by atoms with Crippen LogP contribution in [0.2, 0.25) is 0 Å². The first-order valence-electron chi connectivity index (χ1n) is 15.4.